The van der Waals surface area contributed by atoms with E-state index in [1.54, 1.807) is 0 Å². The SMILES string of the molecule is COCCC1(CN2CC3CCCN3CC2C(C)C)CC1. The molecular weight excluding hydrogens is 248 g/mol. The minimum atomic E-state index is 0.601. The summed E-state index contributed by atoms with van der Waals surface area (Å²) in [6.07, 6.45) is 6.95. The molecule has 3 nitrogen and oxygen atoms in total. The van der Waals surface area contributed by atoms with Gasteiger partial charge in [0.2, 0.25) is 0 Å². The lowest BCUT2D eigenvalue weighted by molar-refractivity contribution is 0.0122. The minimum Gasteiger partial charge on any atom is -0.385 e. The Kier molecular flexibility index (Phi) is 4.40. The molecule has 2 heterocycles. The summed E-state index contributed by atoms with van der Waals surface area (Å²) >= 11 is 0. The molecule has 0 amide bonds. The van der Waals surface area contributed by atoms with Gasteiger partial charge in [-0.2, -0.15) is 0 Å². The van der Waals surface area contributed by atoms with Gasteiger partial charge in [0.05, 0.1) is 0 Å². The van der Waals surface area contributed by atoms with E-state index in [1.165, 1.54) is 58.3 Å². The van der Waals surface area contributed by atoms with E-state index in [0.29, 0.717) is 5.41 Å². The summed E-state index contributed by atoms with van der Waals surface area (Å²) in [7, 11) is 1.84. The molecule has 2 saturated heterocycles. The molecule has 0 aromatic carbocycles. The van der Waals surface area contributed by atoms with Crippen LogP contribution in [0.25, 0.3) is 0 Å². The zero-order valence-corrected chi connectivity index (χ0v) is 13.6. The maximum Gasteiger partial charge on any atom is 0.0468 e. The third-order valence-corrected chi connectivity index (χ3v) is 5.94. The third kappa shape index (κ3) is 3.05. The molecule has 0 aromatic rings. The van der Waals surface area contributed by atoms with Crippen LogP contribution in [-0.2, 0) is 4.74 Å². The van der Waals surface area contributed by atoms with Crippen molar-refractivity contribution in [3.63, 3.8) is 0 Å². The molecule has 0 N–H and O–H groups in total. The summed E-state index contributed by atoms with van der Waals surface area (Å²) < 4.78 is 5.32. The van der Waals surface area contributed by atoms with Gasteiger partial charge in [0, 0.05) is 45.4 Å². The maximum atomic E-state index is 5.32. The van der Waals surface area contributed by atoms with Crippen molar-refractivity contribution in [3.05, 3.63) is 0 Å². The summed E-state index contributed by atoms with van der Waals surface area (Å²) in [5.41, 5.74) is 0.601. The Morgan fingerprint density at radius 2 is 2.05 bits per heavy atom. The van der Waals surface area contributed by atoms with E-state index in [1.807, 2.05) is 7.11 Å². The first-order valence-electron chi connectivity index (χ1n) is 8.61. The largest absolute Gasteiger partial charge is 0.385 e. The van der Waals surface area contributed by atoms with Crippen LogP contribution in [0.4, 0.5) is 0 Å². The maximum absolute atomic E-state index is 5.32. The summed E-state index contributed by atoms with van der Waals surface area (Å²) in [6, 6.07) is 1.62. The number of fused-ring (bicyclic) bond motifs is 1. The lowest BCUT2D eigenvalue weighted by Gasteiger charge is -2.47. The molecule has 3 aliphatic rings. The van der Waals surface area contributed by atoms with Gasteiger partial charge in [-0.15, -0.1) is 0 Å². The smallest absolute Gasteiger partial charge is 0.0468 e. The van der Waals surface area contributed by atoms with Crippen LogP contribution < -0.4 is 0 Å². The standard InChI is InChI=1S/C17H32N2O/c1-14(2)16-12-18-9-4-5-15(18)11-19(16)13-17(6-7-17)8-10-20-3/h14-16H,4-13H2,1-3H3. The lowest BCUT2D eigenvalue weighted by atomic mass is 9.93. The fourth-order valence-corrected chi connectivity index (χ4v) is 4.33. The molecule has 3 heteroatoms. The molecule has 3 rings (SSSR count). The normalized spacial score (nSPS) is 33.6. The Hall–Kier alpha value is -0.120. The van der Waals surface area contributed by atoms with Crippen LogP contribution in [-0.4, -0.2) is 61.8 Å². The average molecular weight is 280 g/mol. The van der Waals surface area contributed by atoms with Gasteiger partial charge in [0.15, 0.2) is 0 Å². The van der Waals surface area contributed by atoms with Crippen molar-refractivity contribution in [2.75, 3.05) is 39.9 Å². The van der Waals surface area contributed by atoms with Crippen LogP contribution in [0, 0.1) is 11.3 Å². The van der Waals surface area contributed by atoms with Gasteiger partial charge >= 0.3 is 0 Å². The summed E-state index contributed by atoms with van der Waals surface area (Å²) in [4.78, 5) is 5.61. The second kappa shape index (κ2) is 5.94. The molecular formula is C17H32N2O. The number of ether oxygens (including phenoxy) is 1. The van der Waals surface area contributed by atoms with Crippen LogP contribution >= 0.6 is 0 Å². The molecule has 1 saturated carbocycles. The fraction of sp³-hybridized carbons (Fsp3) is 1.00. The molecule has 2 atom stereocenters. The van der Waals surface area contributed by atoms with Crippen LogP contribution in [0.2, 0.25) is 0 Å². The van der Waals surface area contributed by atoms with Gasteiger partial charge in [-0.3, -0.25) is 9.80 Å². The number of hydrogen-bond acceptors (Lipinski definition) is 3. The van der Waals surface area contributed by atoms with E-state index in [-0.39, 0.29) is 0 Å². The van der Waals surface area contributed by atoms with Crippen molar-refractivity contribution in [3.8, 4) is 0 Å². The van der Waals surface area contributed by atoms with Gasteiger partial charge in [-0.1, -0.05) is 13.8 Å². The van der Waals surface area contributed by atoms with Crippen molar-refractivity contribution in [2.24, 2.45) is 11.3 Å². The third-order valence-electron chi connectivity index (χ3n) is 5.94. The first-order chi connectivity index (χ1) is 9.63. The van der Waals surface area contributed by atoms with Crippen molar-refractivity contribution >= 4 is 0 Å². The number of hydrogen-bond donors (Lipinski definition) is 0. The summed E-state index contributed by atoms with van der Waals surface area (Å²) in [5.74, 6) is 0.773. The van der Waals surface area contributed by atoms with Crippen LogP contribution in [0.1, 0.15) is 46.0 Å². The number of nitrogens with zero attached hydrogens (tertiary/aromatic N) is 2. The van der Waals surface area contributed by atoms with Crippen LogP contribution in [0.15, 0.2) is 0 Å². The zero-order valence-electron chi connectivity index (χ0n) is 13.6. The fourth-order valence-electron chi connectivity index (χ4n) is 4.33. The zero-order chi connectivity index (χ0) is 14.2. The molecule has 0 bridgehead atoms. The van der Waals surface area contributed by atoms with E-state index in [4.69, 9.17) is 4.74 Å². The highest BCUT2D eigenvalue weighted by molar-refractivity contribution is 5.00. The van der Waals surface area contributed by atoms with Crippen LogP contribution in [0.3, 0.4) is 0 Å². The molecule has 0 radical (unpaired) electrons. The van der Waals surface area contributed by atoms with Gasteiger partial charge in [0.1, 0.15) is 0 Å². The Labute approximate surface area is 124 Å². The van der Waals surface area contributed by atoms with E-state index in [2.05, 4.69) is 23.6 Å². The van der Waals surface area contributed by atoms with Crippen LogP contribution in [0.5, 0.6) is 0 Å². The van der Waals surface area contributed by atoms with Crippen molar-refractivity contribution in [2.45, 2.75) is 58.0 Å². The molecule has 0 spiro atoms. The molecule has 2 unspecified atom stereocenters. The molecule has 0 aromatic heterocycles. The molecule has 2 aliphatic heterocycles. The first kappa shape index (κ1) is 14.8. The molecule has 116 valence electrons. The van der Waals surface area contributed by atoms with Gasteiger partial charge in [-0.25, -0.2) is 0 Å². The van der Waals surface area contributed by atoms with Gasteiger partial charge in [-0.05, 0) is 50.0 Å². The van der Waals surface area contributed by atoms with E-state index in [0.717, 1.165) is 24.6 Å². The van der Waals surface area contributed by atoms with E-state index < -0.39 is 0 Å². The summed E-state index contributed by atoms with van der Waals surface area (Å²) in [6.45, 7) is 11.0. The molecule has 3 fully saturated rings. The van der Waals surface area contributed by atoms with Crippen molar-refractivity contribution < 1.29 is 4.74 Å². The number of piperazine rings is 1. The topological polar surface area (TPSA) is 15.7 Å². The second-order valence-electron chi connectivity index (χ2n) is 7.77. The quantitative estimate of drug-likeness (QED) is 0.744. The van der Waals surface area contributed by atoms with E-state index >= 15 is 0 Å². The van der Waals surface area contributed by atoms with E-state index in [9.17, 15) is 0 Å². The average Bonchev–Trinajstić information content (AvgIpc) is 3.02. The predicted molar refractivity (Wildman–Crippen MR) is 83.0 cm³/mol. The monoisotopic (exact) mass is 280 g/mol. The van der Waals surface area contributed by atoms with Crippen molar-refractivity contribution in [1.29, 1.82) is 0 Å². The molecule has 1 aliphatic carbocycles. The Bertz CT molecular complexity index is 327. The summed E-state index contributed by atoms with van der Waals surface area (Å²) in [5, 5.41) is 0. The first-order valence-corrected chi connectivity index (χ1v) is 8.61. The Morgan fingerprint density at radius 3 is 2.70 bits per heavy atom. The Morgan fingerprint density at radius 1 is 1.25 bits per heavy atom. The minimum absolute atomic E-state index is 0.601. The highest BCUT2D eigenvalue weighted by Gasteiger charge is 2.46. The van der Waals surface area contributed by atoms with Gasteiger partial charge < -0.3 is 4.74 Å². The predicted octanol–water partition coefficient (Wildman–Crippen LogP) is 2.61. The highest BCUT2D eigenvalue weighted by atomic mass is 16.5. The lowest BCUT2D eigenvalue weighted by Crippen LogP contribution is -2.58. The molecule has 20 heavy (non-hydrogen) atoms. The van der Waals surface area contributed by atoms with Crippen molar-refractivity contribution in [1.82, 2.24) is 9.80 Å². The Balaban J connectivity index is 1.63. The number of methoxy groups -OCH3 is 1. The highest BCUT2D eigenvalue weighted by Crippen LogP contribution is 2.50. The second-order valence-corrected chi connectivity index (χ2v) is 7.77. The van der Waals surface area contributed by atoms with Gasteiger partial charge in [0.25, 0.3) is 0 Å². The number of rotatable bonds is 6.